The number of likely N-dealkylation sites (tertiary alicyclic amines) is 1. The van der Waals surface area contributed by atoms with E-state index in [9.17, 15) is 9.59 Å². The Labute approximate surface area is 196 Å². The van der Waals surface area contributed by atoms with Crippen molar-refractivity contribution in [3.05, 3.63) is 65.7 Å². The molecule has 2 fully saturated rings. The van der Waals surface area contributed by atoms with E-state index in [1.54, 1.807) is 24.3 Å². The van der Waals surface area contributed by atoms with E-state index in [1.165, 1.54) is 5.56 Å². The number of benzene rings is 2. The van der Waals surface area contributed by atoms with Crippen molar-refractivity contribution in [1.29, 1.82) is 0 Å². The van der Waals surface area contributed by atoms with E-state index in [0.29, 0.717) is 30.3 Å². The molecule has 7 nitrogen and oxygen atoms in total. The number of hydrogen-bond donors (Lipinski definition) is 2. The third-order valence-electron chi connectivity index (χ3n) is 6.42. The average Bonchev–Trinajstić information content (AvgIpc) is 2.84. The molecule has 1 atom stereocenters. The van der Waals surface area contributed by atoms with E-state index in [-0.39, 0.29) is 18.0 Å². The lowest BCUT2D eigenvalue weighted by Gasteiger charge is -2.33. The summed E-state index contributed by atoms with van der Waals surface area (Å²) < 4.78 is 5.83. The molecule has 4 rings (SSSR count). The van der Waals surface area contributed by atoms with Crippen molar-refractivity contribution < 1.29 is 14.3 Å². The predicted octanol–water partition coefficient (Wildman–Crippen LogP) is 3.58. The number of nitrogens with one attached hydrogen (secondary N) is 2. The minimum atomic E-state index is -0.275. The maximum atomic E-state index is 12.7. The molecule has 2 saturated heterocycles. The van der Waals surface area contributed by atoms with Gasteiger partial charge in [0.25, 0.3) is 5.91 Å². The first-order chi connectivity index (χ1) is 16.1. The van der Waals surface area contributed by atoms with Crippen LogP contribution in [0.2, 0.25) is 0 Å². The van der Waals surface area contributed by atoms with Gasteiger partial charge in [-0.25, -0.2) is 4.79 Å². The van der Waals surface area contributed by atoms with Crippen LogP contribution in [0.3, 0.4) is 0 Å². The molecule has 2 aromatic carbocycles. The molecule has 176 valence electrons. The van der Waals surface area contributed by atoms with Crippen molar-refractivity contribution in [1.82, 2.24) is 15.1 Å². The quantitative estimate of drug-likeness (QED) is 0.706. The number of rotatable bonds is 6. The van der Waals surface area contributed by atoms with Gasteiger partial charge in [0.2, 0.25) is 0 Å². The molecule has 3 amide bonds. The molecular formula is C26H34N4O3. The first-order valence-electron chi connectivity index (χ1n) is 11.9. The Bertz CT molecular complexity index is 911. The maximum absolute atomic E-state index is 12.7. The van der Waals surface area contributed by atoms with Crippen LogP contribution >= 0.6 is 0 Å². The minimum absolute atomic E-state index is 0.0412. The molecule has 2 aliphatic rings. The first kappa shape index (κ1) is 23.3. The van der Waals surface area contributed by atoms with Crippen molar-refractivity contribution in [2.75, 3.05) is 44.6 Å². The van der Waals surface area contributed by atoms with Crippen LogP contribution in [-0.4, -0.2) is 67.2 Å². The molecule has 0 aliphatic carbocycles. The molecule has 0 saturated carbocycles. The van der Waals surface area contributed by atoms with E-state index >= 15 is 0 Å². The second kappa shape index (κ2) is 11.3. The molecule has 33 heavy (non-hydrogen) atoms. The van der Waals surface area contributed by atoms with Gasteiger partial charge in [0, 0.05) is 50.5 Å². The zero-order chi connectivity index (χ0) is 23.0. The lowest BCUT2D eigenvalue weighted by molar-refractivity contribution is -0.0285. The summed E-state index contributed by atoms with van der Waals surface area (Å²) >= 11 is 0. The highest BCUT2D eigenvalue weighted by Crippen LogP contribution is 2.19. The summed E-state index contributed by atoms with van der Waals surface area (Å²) in [5, 5.41) is 5.74. The molecule has 7 heteroatoms. The standard InChI is InChI=1S/C26H34N4O3/c1-20-11-13-30(14-12-20)25(31)22-7-9-23(10-8-22)28-26(32)27-17-24-19-29(15-16-33-24)18-21-5-3-2-4-6-21/h2-10,20,24H,11-19H2,1H3,(H2,27,28,32). The number of morpholine rings is 1. The number of ether oxygens (including phenoxy) is 1. The normalized spacial score (nSPS) is 19.8. The monoisotopic (exact) mass is 450 g/mol. The summed E-state index contributed by atoms with van der Waals surface area (Å²) in [6.07, 6.45) is 2.07. The van der Waals surface area contributed by atoms with Gasteiger partial charge in [-0.05, 0) is 48.6 Å². The molecule has 2 aliphatic heterocycles. The van der Waals surface area contributed by atoms with Crippen LogP contribution in [0.15, 0.2) is 54.6 Å². The SMILES string of the molecule is CC1CCN(C(=O)c2ccc(NC(=O)NCC3CN(Cc4ccccc4)CCO3)cc2)CC1. The van der Waals surface area contributed by atoms with Gasteiger partial charge in [0.15, 0.2) is 0 Å². The summed E-state index contributed by atoms with van der Waals surface area (Å²) in [6.45, 7) is 7.51. The number of carbonyl (C=O) groups excluding carboxylic acids is 2. The third kappa shape index (κ3) is 6.79. The third-order valence-corrected chi connectivity index (χ3v) is 6.42. The second-order valence-corrected chi connectivity index (χ2v) is 9.10. The average molecular weight is 451 g/mol. The highest BCUT2D eigenvalue weighted by molar-refractivity contribution is 5.95. The Morgan fingerprint density at radius 1 is 1.00 bits per heavy atom. The van der Waals surface area contributed by atoms with Crippen molar-refractivity contribution in [2.24, 2.45) is 5.92 Å². The zero-order valence-corrected chi connectivity index (χ0v) is 19.3. The van der Waals surface area contributed by atoms with E-state index < -0.39 is 0 Å². The molecule has 1 unspecified atom stereocenters. The number of nitrogens with zero attached hydrogens (tertiary/aromatic N) is 2. The number of anilines is 1. The fourth-order valence-corrected chi connectivity index (χ4v) is 4.36. The van der Waals surface area contributed by atoms with Crippen LogP contribution in [0, 0.1) is 5.92 Å². The summed E-state index contributed by atoms with van der Waals surface area (Å²) in [5.41, 5.74) is 2.59. The summed E-state index contributed by atoms with van der Waals surface area (Å²) in [6, 6.07) is 17.2. The van der Waals surface area contributed by atoms with Crippen molar-refractivity contribution in [3.8, 4) is 0 Å². The number of carbonyl (C=O) groups is 2. The van der Waals surface area contributed by atoms with Crippen LogP contribution in [-0.2, 0) is 11.3 Å². The maximum Gasteiger partial charge on any atom is 0.319 e. The van der Waals surface area contributed by atoms with Crippen LogP contribution in [0.1, 0.15) is 35.7 Å². The minimum Gasteiger partial charge on any atom is -0.374 e. The molecule has 0 bridgehead atoms. The Balaban J connectivity index is 1.20. The summed E-state index contributed by atoms with van der Waals surface area (Å²) in [5.74, 6) is 0.748. The lowest BCUT2D eigenvalue weighted by atomic mass is 9.98. The molecule has 0 spiro atoms. The van der Waals surface area contributed by atoms with Crippen molar-refractivity contribution >= 4 is 17.6 Å². The largest absolute Gasteiger partial charge is 0.374 e. The van der Waals surface area contributed by atoms with Gasteiger partial charge >= 0.3 is 6.03 Å². The van der Waals surface area contributed by atoms with E-state index in [0.717, 1.165) is 45.6 Å². The Hall–Kier alpha value is -2.90. The lowest BCUT2D eigenvalue weighted by Crippen LogP contribution is -2.47. The van der Waals surface area contributed by atoms with Crippen molar-refractivity contribution in [2.45, 2.75) is 32.4 Å². The van der Waals surface area contributed by atoms with Gasteiger partial charge in [0.1, 0.15) is 0 Å². The second-order valence-electron chi connectivity index (χ2n) is 9.10. The van der Waals surface area contributed by atoms with Crippen LogP contribution < -0.4 is 10.6 Å². The molecular weight excluding hydrogens is 416 g/mol. The highest BCUT2D eigenvalue weighted by atomic mass is 16.5. The zero-order valence-electron chi connectivity index (χ0n) is 19.3. The van der Waals surface area contributed by atoms with Crippen LogP contribution in [0.5, 0.6) is 0 Å². The van der Waals surface area contributed by atoms with E-state index in [1.807, 2.05) is 11.0 Å². The molecule has 2 aromatic rings. The van der Waals surface area contributed by atoms with Gasteiger partial charge < -0.3 is 20.3 Å². The Morgan fingerprint density at radius 2 is 1.73 bits per heavy atom. The topological polar surface area (TPSA) is 73.9 Å². The van der Waals surface area contributed by atoms with Crippen LogP contribution in [0.25, 0.3) is 0 Å². The van der Waals surface area contributed by atoms with Gasteiger partial charge in [-0.1, -0.05) is 37.3 Å². The molecule has 2 N–H and O–H groups in total. The van der Waals surface area contributed by atoms with Crippen LogP contribution in [0.4, 0.5) is 10.5 Å². The summed E-state index contributed by atoms with van der Waals surface area (Å²) in [4.78, 5) is 29.3. The molecule has 2 heterocycles. The number of hydrogen-bond acceptors (Lipinski definition) is 4. The fraction of sp³-hybridized carbons (Fsp3) is 0.462. The smallest absolute Gasteiger partial charge is 0.319 e. The van der Waals surface area contributed by atoms with Gasteiger partial charge in [-0.15, -0.1) is 0 Å². The predicted molar refractivity (Wildman–Crippen MR) is 129 cm³/mol. The number of piperidine rings is 1. The summed E-state index contributed by atoms with van der Waals surface area (Å²) in [7, 11) is 0. The van der Waals surface area contributed by atoms with E-state index in [2.05, 4.69) is 46.7 Å². The Morgan fingerprint density at radius 3 is 2.45 bits per heavy atom. The fourth-order valence-electron chi connectivity index (χ4n) is 4.36. The Kier molecular flexibility index (Phi) is 7.96. The van der Waals surface area contributed by atoms with Gasteiger partial charge in [-0.2, -0.15) is 0 Å². The van der Waals surface area contributed by atoms with Crippen molar-refractivity contribution in [3.63, 3.8) is 0 Å². The number of urea groups is 1. The van der Waals surface area contributed by atoms with Gasteiger partial charge in [-0.3, -0.25) is 9.69 Å². The number of amides is 3. The molecule has 0 radical (unpaired) electrons. The highest BCUT2D eigenvalue weighted by Gasteiger charge is 2.22. The van der Waals surface area contributed by atoms with Gasteiger partial charge in [0.05, 0.1) is 12.7 Å². The molecule has 0 aromatic heterocycles. The first-order valence-corrected chi connectivity index (χ1v) is 11.9. The van der Waals surface area contributed by atoms with E-state index in [4.69, 9.17) is 4.74 Å².